The van der Waals surface area contributed by atoms with E-state index in [0.717, 1.165) is 31.3 Å². The molecule has 0 spiro atoms. The molecule has 0 radical (unpaired) electrons. The SMILES string of the molecule is C[C@]12C=CC(=O)C=C1C=CC1=C2CC[C@]2(C)C(=O)CC[C@@H]12. The molecular formula is C19H20O2. The lowest BCUT2D eigenvalue weighted by molar-refractivity contribution is -0.126. The van der Waals surface area contributed by atoms with Gasteiger partial charge in [0.15, 0.2) is 5.78 Å². The first-order valence-corrected chi connectivity index (χ1v) is 7.85. The minimum Gasteiger partial charge on any atom is -0.299 e. The fourth-order valence-electron chi connectivity index (χ4n) is 4.77. The Kier molecular flexibility index (Phi) is 2.44. The zero-order chi connectivity index (χ0) is 14.8. The maximum Gasteiger partial charge on any atom is 0.178 e. The van der Waals surface area contributed by atoms with Crippen LogP contribution < -0.4 is 0 Å². The van der Waals surface area contributed by atoms with Gasteiger partial charge in [-0.05, 0) is 55.4 Å². The van der Waals surface area contributed by atoms with Crippen molar-refractivity contribution in [1.82, 2.24) is 0 Å². The van der Waals surface area contributed by atoms with Crippen LogP contribution in [-0.4, -0.2) is 11.6 Å². The molecule has 108 valence electrons. The quantitative estimate of drug-likeness (QED) is 0.678. The normalized spacial score (nSPS) is 40.9. The first kappa shape index (κ1) is 13.0. The Morgan fingerprint density at radius 2 is 1.90 bits per heavy atom. The van der Waals surface area contributed by atoms with E-state index in [9.17, 15) is 9.59 Å². The van der Waals surface area contributed by atoms with E-state index in [1.165, 1.54) is 11.1 Å². The molecule has 1 saturated carbocycles. The molecule has 0 heterocycles. The number of hydrogen-bond acceptors (Lipinski definition) is 2. The number of allylic oxidation sites excluding steroid dienone is 8. The summed E-state index contributed by atoms with van der Waals surface area (Å²) in [6.07, 6.45) is 13.4. The molecule has 1 fully saturated rings. The highest BCUT2D eigenvalue weighted by Crippen LogP contribution is 2.58. The molecule has 2 heteroatoms. The standard InChI is InChI=1S/C19H20O2/c1-18-9-7-13(20)11-12(18)3-4-14-15-5-6-17(21)19(15,2)10-8-16(14)18/h3-4,7,9,11,15H,5-6,8,10H2,1-2H3/t15-,18-,19-/m0/s1. The second-order valence-corrected chi connectivity index (χ2v) is 7.24. The average molecular weight is 280 g/mol. The Morgan fingerprint density at radius 3 is 2.71 bits per heavy atom. The number of fused-ring (bicyclic) bond motifs is 4. The lowest BCUT2D eigenvalue weighted by atomic mass is 9.58. The van der Waals surface area contributed by atoms with Crippen LogP contribution >= 0.6 is 0 Å². The van der Waals surface area contributed by atoms with Crippen LogP contribution in [-0.2, 0) is 9.59 Å². The molecule has 0 bridgehead atoms. The molecule has 0 N–H and O–H groups in total. The number of carbonyl (C=O) groups is 2. The first-order chi connectivity index (χ1) is 9.95. The van der Waals surface area contributed by atoms with E-state index in [1.54, 1.807) is 12.2 Å². The molecule has 2 nitrogen and oxygen atoms in total. The summed E-state index contributed by atoms with van der Waals surface area (Å²) < 4.78 is 0. The fraction of sp³-hybridized carbons (Fsp3) is 0.474. The summed E-state index contributed by atoms with van der Waals surface area (Å²) in [6, 6.07) is 0. The summed E-state index contributed by atoms with van der Waals surface area (Å²) in [5, 5.41) is 0. The zero-order valence-electron chi connectivity index (χ0n) is 12.6. The van der Waals surface area contributed by atoms with E-state index in [0.29, 0.717) is 11.7 Å². The molecule has 0 aromatic carbocycles. The monoisotopic (exact) mass is 280 g/mol. The average Bonchev–Trinajstić information content (AvgIpc) is 2.76. The molecular weight excluding hydrogens is 260 g/mol. The van der Waals surface area contributed by atoms with Gasteiger partial charge in [0.05, 0.1) is 0 Å². The van der Waals surface area contributed by atoms with Gasteiger partial charge in [-0.25, -0.2) is 0 Å². The second-order valence-electron chi connectivity index (χ2n) is 7.24. The van der Waals surface area contributed by atoms with Gasteiger partial charge in [0, 0.05) is 17.3 Å². The van der Waals surface area contributed by atoms with Gasteiger partial charge in [0.1, 0.15) is 5.78 Å². The third-order valence-corrected chi connectivity index (χ3v) is 6.23. The molecule has 0 aliphatic heterocycles. The summed E-state index contributed by atoms with van der Waals surface area (Å²) >= 11 is 0. The van der Waals surface area contributed by atoms with Gasteiger partial charge in [-0.15, -0.1) is 0 Å². The molecule has 0 saturated heterocycles. The Hall–Kier alpha value is -1.70. The Labute approximate surface area is 125 Å². The first-order valence-electron chi connectivity index (χ1n) is 7.85. The van der Waals surface area contributed by atoms with Crippen LogP contribution in [0.4, 0.5) is 0 Å². The van der Waals surface area contributed by atoms with Crippen LogP contribution in [0.15, 0.2) is 47.1 Å². The molecule has 4 aliphatic rings. The number of rotatable bonds is 0. The molecule has 0 unspecified atom stereocenters. The smallest absolute Gasteiger partial charge is 0.178 e. The van der Waals surface area contributed by atoms with Crippen molar-refractivity contribution in [2.75, 3.05) is 0 Å². The highest BCUT2D eigenvalue weighted by Gasteiger charge is 2.52. The van der Waals surface area contributed by atoms with Gasteiger partial charge < -0.3 is 0 Å². The van der Waals surface area contributed by atoms with E-state index < -0.39 is 0 Å². The molecule has 21 heavy (non-hydrogen) atoms. The van der Waals surface area contributed by atoms with Gasteiger partial charge in [-0.2, -0.15) is 0 Å². The topological polar surface area (TPSA) is 34.1 Å². The van der Waals surface area contributed by atoms with Gasteiger partial charge in [0.2, 0.25) is 0 Å². The molecule has 0 aromatic heterocycles. The minimum atomic E-state index is -0.158. The summed E-state index contributed by atoms with van der Waals surface area (Å²) in [6.45, 7) is 4.36. The van der Waals surface area contributed by atoms with Crippen molar-refractivity contribution in [3.05, 3.63) is 47.1 Å². The largest absolute Gasteiger partial charge is 0.299 e. The summed E-state index contributed by atoms with van der Waals surface area (Å²) in [5.74, 6) is 0.885. The van der Waals surface area contributed by atoms with Crippen molar-refractivity contribution >= 4 is 11.6 Å². The minimum absolute atomic E-state index is 0.0767. The van der Waals surface area contributed by atoms with E-state index in [2.05, 4.69) is 32.1 Å². The lowest BCUT2D eigenvalue weighted by Crippen LogP contribution is -2.38. The Morgan fingerprint density at radius 1 is 1.10 bits per heavy atom. The van der Waals surface area contributed by atoms with Crippen LogP contribution in [0.3, 0.4) is 0 Å². The van der Waals surface area contributed by atoms with Gasteiger partial charge >= 0.3 is 0 Å². The summed E-state index contributed by atoms with van der Waals surface area (Å²) in [5.41, 5.74) is 3.59. The molecule has 4 aliphatic carbocycles. The van der Waals surface area contributed by atoms with Crippen molar-refractivity contribution in [2.24, 2.45) is 16.7 Å². The van der Waals surface area contributed by atoms with Crippen molar-refractivity contribution in [3.63, 3.8) is 0 Å². The van der Waals surface area contributed by atoms with Crippen molar-refractivity contribution in [2.45, 2.75) is 39.5 Å². The highest BCUT2D eigenvalue weighted by molar-refractivity contribution is 6.02. The number of ketones is 2. The maximum absolute atomic E-state index is 12.3. The van der Waals surface area contributed by atoms with E-state index in [4.69, 9.17) is 0 Å². The number of Topliss-reactive ketones (excluding diaryl/α,β-unsaturated/α-hetero) is 1. The summed E-state index contributed by atoms with van der Waals surface area (Å²) in [7, 11) is 0. The van der Waals surface area contributed by atoms with Crippen LogP contribution in [0.2, 0.25) is 0 Å². The van der Waals surface area contributed by atoms with E-state index in [1.807, 2.05) is 0 Å². The molecule has 3 atom stereocenters. The molecule has 0 aromatic rings. The van der Waals surface area contributed by atoms with Crippen molar-refractivity contribution < 1.29 is 9.59 Å². The van der Waals surface area contributed by atoms with Gasteiger partial charge in [-0.3, -0.25) is 9.59 Å². The predicted octanol–water partition coefficient (Wildman–Crippen LogP) is 3.70. The third-order valence-electron chi connectivity index (χ3n) is 6.23. The summed E-state index contributed by atoms with van der Waals surface area (Å²) in [4.78, 5) is 23.9. The Bertz CT molecular complexity index is 688. The van der Waals surface area contributed by atoms with E-state index in [-0.39, 0.29) is 16.6 Å². The maximum atomic E-state index is 12.3. The second kappa shape index (κ2) is 3.94. The van der Waals surface area contributed by atoms with E-state index >= 15 is 0 Å². The fourth-order valence-corrected chi connectivity index (χ4v) is 4.77. The van der Waals surface area contributed by atoms with Crippen LogP contribution in [0, 0.1) is 16.7 Å². The third kappa shape index (κ3) is 1.53. The molecule has 0 amide bonds. The van der Waals surface area contributed by atoms with Crippen molar-refractivity contribution in [3.8, 4) is 0 Å². The number of hydrogen-bond donors (Lipinski definition) is 0. The lowest BCUT2D eigenvalue weighted by Gasteiger charge is -2.45. The van der Waals surface area contributed by atoms with Crippen LogP contribution in [0.5, 0.6) is 0 Å². The van der Waals surface area contributed by atoms with Gasteiger partial charge in [0.25, 0.3) is 0 Å². The van der Waals surface area contributed by atoms with Crippen LogP contribution in [0.1, 0.15) is 39.5 Å². The van der Waals surface area contributed by atoms with Crippen molar-refractivity contribution in [1.29, 1.82) is 0 Å². The van der Waals surface area contributed by atoms with Crippen LogP contribution in [0.25, 0.3) is 0 Å². The van der Waals surface area contributed by atoms with Gasteiger partial charge in [-0.1, -0.05) is 30.7 Å². The number of carbonyl (C=O) groups excluding carboxylic acids is 2. The molecule has 4 rings (SSSR count). The highest BCUT2D eigenvalue weighted by atomic mass is 16.1. The Balaban J connectivity index is 1.86. The predicted molar refractivity (Wildman–Crippen MR) is 81.6 cm³/mol. The zero-order valence-corrected chi connectivity index (χ0v) is 12.6.